The number of fused-ring (bicyclic) bond motifs is 1. The van der Waals surface area contributed by atoms with Gasteiger partial charge in [0.15, 0.2) is 17.8 Å². The molecule has 2 heterocycles. The third-order valence-corrected chi connectivity index (χ3v) is 4.20. The molecule has 0 aliphatic heterocycles. The number of nitrogens with zero attached hydrogens (tertiary/aromatic N) is 3. The Balaban J connectivity index is 1.52. The molecule has 108 valence electrons. The van der Waals surface area contributed by atoms with E-state index in [2.05, 4.69) is 15.1 Å². The van der Waals surface area contributed by atoms with Crippen molar-refractivity contribution >= 4 is 11.1 Å². The van der Waals surface area contributed by atoms with Gasteiger partial charge in [-0.05, 0) is 30.5 Å². The molecular weight excluding hydrogens is 266 g/mol. The Kier molecular flexibility index (Phi) is 3.18. The van der Waals surface area contributed by atoms with E-state index in [0.29, 0.717) is 18.2 Å². The van der Waals surface area contributed by atoms with E-state index in [4.69, 9.17) is 8.94 Å². The first-order valence-electron chi connectivity index (χ1n) is 7.53. The molecule has 5 heteroatoms. The fraction of sp³-hybridized carbons (Fsp3) is 0.438. The van der Waals surface area contributed by atoms with E-state index < -0.39 is 0 Å². The maximum absolute atomic E-state index is 5.41. The highest BCUT2D eigenvalue weighted by Gasteiger charge is 2.20. The molecule has 0 spiro atoms. The lowest BCUT2D eigenvalue weighted by Gasteiger charge is -2.17. The summed E-state index contributed by atoms with van der Waals surface area (Å²) >= 11 is 0. The Labute approximate surface area is 122 Å². The second kappa shape index (κ2) is 5.31. The van der Waals surface area contributed by atoms with Gasteiger partial charge < -0.3 is 8.94 Å². The number of aromatic nitrogens is 3. The first-order valence-corrected chi connectivity index (χ1v) is 7.53. The van der Waals surface area contributed by atoms with Crippen molar-refractivity contribution in [1.82, 2.24) is 15.1 Å². The topological polar surface area (TPSA) is 65.0 Å². The van der Waals surface area contributed by atoms with Crippen molar-refractivity contribution in [2.75, 3.05) is 0 Å². The molecule has 0 radical (unpaired) electrons. The van der Waals surface area contributed by atoms with Crippen LogP contribution in [0.25, 0.3) is 11.1 Å². The molecule has 1 fully saturated rings. The molecule has 5 nitrogen and oxygen atoms in total. The lowest BCUT2D eigenvalue weighted by atomic mass is 9.89. The average molecular weight is 283 g/mol. The molecule has 0 unspecified atom stereocenters. The average Bonchev–Trinajstić information content (AvgIpc) is 3.17. The first-order chi connectivity index (χ1) is 10.4. The second-order valence-electron chi connectivity index (χ2n) is 5.71. The molecule has 2 aromatic heterocycles. The molecule has 1 aliphatic carbocycles. The van der Waals surface area contributed by atoms with Gasteiger partial charge in [0.1, 0.15) is 5.52 Å². The smallest absolute Gasteiger partial charge is 0.231 e. The summed E-state index contributed by atoms with van der Waals surface area (Å²) in [7, 11) is 0. The van der Waals surface area contributed by atoms with Gasteiger partial charge >= 0.3 is 0 Å². The van der Waals surface area contributed by atoms with E-state index >= 15 is 0 Å². The number of benzene rings is 1. The van der Waals surface area contributed by atoms with E-state index in [1.165, 1.54) is 38.5 Å². The van der Waals surface area contributed by atoms with Crippen LogP contribution in [-0.2, 0) is 6.42 Å². The highest BCUT2D eigenvalue weighted by Crippen LogP contribution is 2.31. The monoisotopic (exact) mass is 283 g/mol. The maximum Gasteiger partial charge on any atom is 0.231 e. The van der Waals surface area contributed by atoms with Crippen molar-refractivity contribution in [3.63, 3.8) is 0 Å². The minimum absolute atomic E-state index is 0.481. The summed E-state index contributed by atoms with van der Waals surface area (Å²) < 4.78 is 10.7. The van der Waals surface area contributed by atoms with Crippen LogP contribution >= 0.6 is 0 Å². The standard InChI is InChI=1S/C16H17N3O2/c1-2-4-12(5-3-1)16-18-15(21-19-16)9-11-6-7-14-13(8-11)17-10-20-14/h6-8,10,12H,1-5,9H2. The van der Waals surface area contributed by atoms with Crippen LogP contribution in [0.2, 0.25) is 0 Å². The molecule has 0 atom stereocenters. The quantitative estimate of drug-likeness (QED) is 0.730. The van der Waals surface area contributed by atoms with E-state index in [1.54, 1.807) is 0 Å². The van der Waals surface area contributed by atoms with Crippen LogP contribution in [0.4, 0.5) is 0 Å². The molecule has 0 saturated heterocycles. The van der Waals surface area contributed by atoms with Crippen LogP contribution in [0.5, 0.6) is 0 Å². The predicted octanol–water partition coefficient (Wildman–Crippen LogP) is 3.85. The number of rotatable bonds is 3. The molecular formula is C16H17N3O2. The van der Waals surface area contributed by atoms with Gasteiger partial charge in [-0.2, -0.15) is 4.98 Å². The normalized spacial score (nSPS) is 16.6. The summed E-state index contributed by atoms with van der Waals surface area (Å²) in [6, 6.07) is 5.94. The first kappa shape index (κ1) is 12.6. The van der Waals surface area contributed by atoms with Gasteiger partial charge in [0.2, 0.25) is 5.89 Å². The second-order valence-corrected chi connectivity index (χ2v) is 5.71. The van der Waals surface area contributed by atoms with Gasteiger partial charge in [0.25, 0.3) is 0 Å². The third-order valence-electron chi connectivity index (χ3n) is 4.20. The van der Waals surface area contributed by atoms with Crippen LogP contribution in [0.15, 0.2) is 33.5 Å². The van der Waals surface area contributed by atoms with Crippen molar-refractivity contribution in [3.05, 3.63) is 41.9 Å². The molecule has 1 aromatic carbocycles. The van der Waals surface area contributed by atoms with Gasteiger partial charge in [-0.15, -0.1) is 0 Å². The summed E-state index contributed by atoms with van der Waals surface area (Å²) in [6.07, 6.45) is 8.35. The van der Waals surface area contributed by atoms with Gasteiger partial charge in [-0.25, -0.2) is 4.98 Å². The summed E-state index contributed by atoms with van der Waals surface area (Å²) in [5.41, 5.74) is 2.77. The fourth-order valence-corrected chi connectivity index (χ4v) is 3.05. The largest absolute Gasteiger partial charge is 0.443 e. The summed E-state index contributed by atoms with van der Waals surface area (Å²) in [6.45, 7) is 0. The maximum atomic E-state index is 5.41. The number of hydrogen-bond donors (Lipinski definition) is 0. The van der Waals surface area contributed by atoms with Crippen molar-refractivity contribution in [1.29, 1.82) is 0 Å². The van der Waals surface area contributed by atoms with Gasteiger partial charge in [0.05, 0.1) is 6.42 Å². The van der Waals surface area contributed by atoms with Gasteiger partial charge in [-0.3, -0.25) is 0 Å². The zero-order chi connectivity index (χ0) is 14.1. The fourth-order valence-electron chi connectivity index (χ4n) is 3.05. The molecule has 1 aliphatic rings. The lowest BCUT2D eigenvalue weighted by Crippen LogP contribution is -2.06. The number of hydrogen-bond acceptors (Lipinski definition) is 5. The summed E-state index contributed by atoms with van der Waals surface area (Å²) in [4.78, 5) is 8.74. The predicted molar refractivity (Wildman–Crippen MR) is 76.9 cm³/mol. The molecule has 0 N–H and O–H groups in total. The van der Waals surface area contributed by atoms with Crippen LogP contribution in [0.3, 0.4) is 0 Å². The summed E-state index contributed by atoms with van der Waals surface area (Å²) in [5.74, 6) is 2.04. The number of oxazole rings is 1. The van der Waals surface area contributed by atoms with Crippen molar-refractivity contribution in [3.8, 4) is 0 Å². The molecule has 0 bridgehead atoms. The van der Waals surface area contributed by atoms with E-state index in [-0.39, 0.29) is 0 Å². The van der Waals surface area contributed by atoms with Gasteiger partial charge in [0, 0.05) is 5.92 Å². The zero-order valence-corrected chi connectivity index (χ0v) is 11.8. The highest BCUT2D eigenvalue weighted by molar-refractivity contribution is 5.72. The van der Waals surface area contributed by atoms with Crippen molar-refractivity contribution < 1.29 is 8.94 Å². The van der Waals surface area contributed by atoms with E-state index in [9.17, 15) is 0 Å². The minimum atomic E-state index is 0.481. The van der Waals surface area contributed by atoms with Crippen LogP contribution in [0.1, 0.15) is 55.3 Å². The molecule has 4 rings (SSSR count). The van der Waals surface area contributed by atoms with Crippen molar-refractivity contribution in [2.45, 2.75) is 44.4 Å². The van der Waals surface area contributed by atoms with Crippen LogP contribution in [-0.4, -0.2) is 15.1 Å². The van der Waals surface area contributed by atoms with Gasteiger partial charge in [-0.1, -0.05) is 30.5 Å². The highest BCUT2D eigenvalue weighted by atomic mass is 16.5. The zero-order valence-electron chi connectivity index (χ0n) is 11.8. The molecule has 3 aromatic rings. The molecule has 1 saturated carbocycles. The minimum Gasteiger partial charge on any atom is -0.443 e. The SMILES string of the molecule is c1nc2cc(Cc3nc(C4CCCCC4)no3)ccc2o1. The Hall–Kier alpha value is -2.17. The van der Waals surface area contributed by atoms with Crippen LogP contribution < -0.4 is 0 Å². The van der Waals surface area contributed by atoms with E-state index in [0.717, 1.165) is 22.5 Å². The Morgan fingerprint density at radius 3 is 2.95 bits per heavy atom. The molecule has 21 heavy (non-hydrogen) atoms. The summed E-state index contributed by atoms with van der Waals surface area (Å²) in [5, 5.41) is 4.17. The van der Waals surface area contributed by atoms with E-state index in [1.807, 2.05) is 18.2 Å². The lowest BCUT2D eigenvalue weighted by molar-refractivity contribution is 0.362. The van der Waals surface area contributed by atoms with Crippen molar-refractivity contribution in [2.24, 2.45) is 0 Å². The Morgan fingerprint density at radius 1 is 1.14 bits per heavy atom. The third kappa shape index (κ3) is 2.55. The Morgan fingerprint density at radius 2 is 2.05 bits per heavy atom. The van der Waals surface area contributed by atoms with Crippen LogP contribution in [0, 0.1) is 0 Å². The Bertz CT molecular complexity index is 741. The molecule has 0 amide bonds.